The molecular weight excluding hydrogens is 230 g/mol. The van der Waals surface area contributed by atoms with Gasteiger partial charge in [-0.3, -0.25) is 4.55 Å². The number of benzene rings is 1. The summed E-state index contributed by atoms with van der Waals surface area (Å²) < 4.78 is 29.2. The molecule has 0 aliphatic heterocycles. The molecular formula is C9H9N3O3S. The summed E-state index contributed by atoms with van der Waals surface area (Å²) in [6, 6.07) is 7.42. The molecule has 16 heavy (non-hydrogen) atoms. The van der Waals surface area contributed by atoms with E-state index in [0.29, 0.717) is 0 Å². The molecule has 7 heteroatoms. The molecule has 0 spiro atoms. The van der Waals surface area contributed by atoms with Crippen molar-refractivity contribution in [2.75, 3.05) is 0 Å². The van der Waals surface area contributed by atoms with Crippen LogP contribution in [0.5, 0.6) is 0 Å². The Morgan fingerprint density at radius 3 is 1.56 bits per heavy atom. The van der Waals surface area contributed by atoms with Gasteiger partial charge in [0.2, 0.25) is 0 Å². The average molecular weight is 239 g/mol. The van der Waals surface area contributed by atoms with Gasteiger partial charge in [-0.05, 0) is 12.1 Å². The molecule has 2 aromatic rings. The van der Waals surface area contributed by atoms with E-state index in [0.717, 1.165) is 0 Å². The lowest BCUT2D eigenvalue weighted by atomic mass is 10.4. The standard InChI is InChI=1S/C6H6O3S.C3H3N3/c7-10(8,9)6-4-2-1-3-5-6;1-4-2-6-3-5-1/h1-5H,(H,7,8,9);1-3H. The summed E-state index contributed by atoms with van der Waals surface area (Å²) in [7, 11) is -4.00. The molecule has 1 heterocycles. The first-order chi connectivity index (χ1) is 7.61. The Hall–Kier alpha value is -1.86. The zero-order valence-electron chi connectivity index (χ0n) is 8.13. The van der Waals surface area contributed by atoms with E-state index in [9.17, 15) is 8.42 Å². The molecule has 2 rings (SSSR count). The molecule has 0 unspecified atom stereocenters. The maximum atomic E-state index is 10.4. The predicted molar refractivity (Wildman–Crippen MR) is 56.1 cm³/mol. The fourth-order valence-electron chi connectivity index (χ4n) is 0.797. The molecule has 0 aliphatic rings. The van der Waals surface area contributed by atoms with Crippen LogP contribution in [0.2, 0.25) is 0 Å². The highest BCUT2D eigenvalue weighted by atomic mass is 32.2. The minimum absolute atomic E-state index is 0.0741. The van der Waals surface area contributed by atoms with E-state index < -0.39 is 10.1 Å². The summed E-state index contributed by atoms with van der Waals surface area (Å²) in [6.07, 6.45) is 4.31. The van der Waals surface area contributed by atoms with Crippen molar-refractivity contribution >= 4 is 10.1 Å². The van der Waals surface area contributed by atoms with Crippen LogP contribution in [-0.2, 0) is 10.1 Å². The Morgan fingerprint density at radius 2 is 1.31 bits per heavy atom. The van der Waals surface area contributed by atoms with E-state index in [4.69, 9.17) is 4.55 Å². The van der Waals surface area contributed by atoms with Crippen LogP contribution in [-0.4, -0.2) is 27.9 Å². The lowest BCUT2D eigenvalue weighted by Gasteiger charge is -1.92. The fourth-order valence-corrected chi connectivity index (χ4v) is 1.30. The normalized spacial score (nSPS) is 10.1. The molecule has 0 fully saturated rings. The summed E-state index contributed by atoms with van der Waals surface area (Å²) in [6.45, 7) is 0. The monoisotopic (exact) mass is 239 g/mol. The molecule has 0 bridgehead atoms. The molecule has 0 saturated carbocycles. The number of aromatic nitrogens is 3. The van der Waals surface area contributed by atoms with Crippen LogP contribution < -0.4 is 0 Å². The van der Waals surface area contributed by atoms with Crippen LogP contribution in [0.25, 0.3) is 0 Å². The predicted octanol–water partition coefficient (Wildman–Crippen LogP) is 0.805. The molecule has 0 aliphatic carbocycles. The van der Waals surface area contributed by atoms with Gasteiger partial charge < -0.3 is 0 Å². The van der Waals surface area contributed by atoms with Gasteiger partial charge in [0.25, 0.3) is 10.1 Å². The minimum atomic E-state index is -4.00. The van der Waals surface area contributed by atoms with Crippen LogP contribution in [0.1, 0.15) is 0 Å². The van der Waals surface area contributed by atoms with Gasteiger partial charge >= 0.3 is 0 Å². The summed E-state index contributed by atoms with van der Waals surface area (Å²) in [5.41, 5.74) is 0. The third-order valence-corrected chi connectivity index (χ3v) is 2.31. The van der Waals surface area contributed by atoms with Crippen LogP contribution >= 0.6 is 0 Å². The van der Waals surface area contributed by atoms with Gasteiger partial charge in [-0.15, -0.1) is 0 Å². The summed E-state index contributed by atoms with van der Waals surface area (Å²) in [5, 5.41) is 0. The number of hydrogen-bond acceptors (Lipinski definition) is 5. The molecule has 0 radical (unpaired) electrons. The van der Waals surface area contributed by atoms with Crippen LogP contribution in [0.4, 0.5) is 0 Å². The van der Waals surface area contributed by atoms with E-state index in [2.05, 4.69) is 15.0 Å². The van der Waals surface area contributed by atoms with E-state index in [1.165, 1.54) is 31.1 Å². The first-order valence-electron chi connectivity index (χ1n) is 4.18. The summed E-state index contributed by atoms with van der Waals surface area (Å²) in [4.78, 5) is 10.6. The molecule has 84 valence electrons. The maximum absolute atomic E-state index is 10.4. The SMILES string of the molecule is O=S(=O)(O)c1ccccc1.c1ncncn1. The van der Waals surface area contributed by atoms with Crippen molar-refractivity contribution in [3.63, 3.8) is 0 Å². The minimum Gasteiger partial charge on any atom is -0.282 e. The van der Waals surface area contributed by atoms with Crippen LogP contribution in [0, 0.1) is 0 Å². The second-order valence-electron chi connectivity index (χ2n) is 2.58. The summed E-state index contributed by atoms with van der Waals surface area (Å²) in [5.74, 6) is 0. The largest absolute Gasteiger partial charge is 0.294 e. The van der Waals surface area contributed by atoms with E-state index >= 15 is 0 Å². The van der Waals surface area contributed by atoms with Gasteiger partial charge in [0.1, 0.15) is 19.0 Å². The topological polar surface area (TPSA) is 93.0 Å². The van der Waals surface area contributed by atoms with Crippen molar-refractivity contribution in [2.45, 2.75) is 4.90 Å². The van der Waals surface area contributed by atoms with Crippen LogP contribution in [0.15, 0.2) is 54.2 Å². The van der Waals surface area contributed by atoms with E-state index in [1.807, 2.05) is 0 Å². The van der Waals surface area contributed by atoms with Gasteiger partial charge in [-0.1, -0.05) is 18.2 Å². The zero-order chi connectivity index (χ0) is 11.9. The number of hydrogen-bond donors (Lipinski definition) is 1. The molecule has 0 amide bonds. The molecule has 6 nitrogen and oxygen atoms in total. The molecule has 1 aromatic heterocycles. The fraction of sp³-hybridized carbons (Fsp3) is 0. The molecule has 1 N–H and O–H groups in total. The highest BCUT2D eigenvalue weighted by Gasteiger charge is 2.05. The van der Waals surface area contributed by atoms with Gasteiger partial charge in [0.15, 0.2) is 0 Å². The highest BCUT2D eigenvalue weighted by molar-refractivity contribution is 7.85. The average Bonchev–Trinajstić information content (AvgIpc) is 2.32. The Balaban J connectivity index is 0.000000181. The van der Waals surface area contributed by atoms with Crippen molar-refractivity contribution in [1.29, 1.82) is 0 Å². The van der Waals surface area contributed by atoms with Gasteiger partial charge in [-0.25, -0.2) is 15.0 Å². The van der Waals surface area contributed by atoms with Crippen molar-refractivity contribution in [1.82, 2.24) is 15.0 Å². The third-order valence-electron chi connectivity index (χ3n) is 1.44. The molecule has 0 atom stereocenters. The molecule has 1 aromatic carbocycles. The Labute approximate surface area is 92.8 Å². The van der Waals surface area contributed by atoms with E-state index in [-0.39, 0.29) is 4.90 Å². The zero-order valence-corrected chi connectivity index (χ0v) is 8.95. The van der Waals surface area contributed by atoms with Crippen molar-refractivity contribution in [2.24, 2.45) is 0 Å². The number of rotatable bonds is 1. The third kappa shape index (κ3) is 4.58. The lowest BCUT2D eigenvalue weighted by molar-refractivity contribution is 0.483. The highest BCUT2D eigenvalue weighted by Crippen LogP contribution is 2.05. The second kappa shape index (κ2) is 5.89. The first kappa shape index (κ1) is 12.2. The Kier molecular flexibility index (Phi) is 4.49. The van der Waals surface area contributed by atoms with Crippen molar-refractivity contribution in [3.05, 3.63) is 49.3 Å². The van der Waals surface area contributed by atoms with Gasteiger partial charge in [-0.2, -0.15) is 8.42 Å². The van der Waals surface area contributed by atoms with Gasteiger partial charge in [0.05, 0.1) is 4.90 Å². The second-order valence-corrected chi connectivity index (χ2v) is 4.00. The number of nitrogens with zero attached hydrogens (tertiary/aromatic N) is 3. The van der Waals surface area contributed by atoms with Crippen molar-refractivity contribution < 1.29 is 13.0 Å². The first-order valence-corrected chi connectivity index (χ1v) is 5.62. The Bertz CT molecular complexity index is 475. The van der Waals surface area contributed by atoms with Crippen LogP contribution in [0.3, 0.4) is 0 Å². The van der Waals surface area contributed by atoms with Crippen molar-refractivity contribution in [3.8, 4) is 0 Å². The smallest absolute Gasteiger partial charge is 0.282 e. The summed E-state index contributed by atoms with van der Waals surface area (Å²) >= 11 is 0. The Morgan fingerprint density at radius 1 is 0.875 bits per heavy atom. The lowest BCUT2D eigenvalue weighted by Crippen LogP contribution is -1.96. The maximum Gasteiger partial charge on any atom is 0.294 e. The quantitative estimate of drug-likeness (QED) is 0.740. The van der Waals surface area contributed by atoms with E-state index in [1.54, 1.807) is 18.2 Å². The van der Waals surface area contributed by atoms with Gasteiger partial charge in [0, 0.05) is 0 Å². The molecule has 0 saturated heterocycles.